The van der Waals surface area contributed by atoms with Crippen LogP contribution in [-0.4, -0.2) is 31.6 Å². The molecule has 7 heteroatoms. The maximum Gasteiger partial charge on any atom is 0.178 e. The minimum Gasteiger partial charge on any atom is -0.332 e. The average molecular weight is 365 g/mol. The van der Waals surface area contributed by atoms with Crippen LogP contribution in [0.1, 0.15) is 17.8 Å². The van der Waals surface area contributed by atoms with Gasteiger partial charge in [-0.1, -0.05) is 11.8 Å². The lowest BCUT2D eigenvalue weighted by atomic mass is 10.3. The normalized spacial score (nSPS) is 11.2. The van der Waals surface area contributed by atoms with Crippen LogP contribution < -0.4 is 0 Å². The Balaban J connectivity index is 1.67. The maximum atomic E-state index is 5.74. The van der Waals surface area contributed by atoms with Gasteiger partial charge in [0.05, 0.1) is 11.2 Å². The van der Waals surface area contributed by atoms with E-state index in [4.69, 9.17) is 11.6 Å². The van der Waals surface area contributed by atoms with E-state index >= 15 is 0 Å². The third kappa shape index (κ3) is 4.62. The van der Waals surface area contributed by atoms with E-state index in [1.54, 1.807) is 18.0 Å². The van der Waals surface area contributed by atoms with Crippen molar-refractivity contribution in [1.29, 1.82) is 0 Å². The number of thioether (sulfide) groups is 2. The Hall–Kier alpha value is -1.24. The Morgan fingerprint density at radius 3 is 2.96 bits per heavy atom. The number of fused-ring (bicyclic) bond motifs is 1. The van der Waals surface area contributed by atoms with Gasteiger partial charge in [-0.15, -0.1) is 23.4 Å². The number of aromatic nitrogens is 4. The average Bonchev–Trinajstić information content (AvgIpc) is 2.96. The van der Waals surface area contributed by atoms with Crippen molar-refractivity contribution in [3.05, 3.63) is 41.9 Å². The van der Waals surface area contributed by atoms with Crippen molar-refractivity contribution >= 4 is 46.3 Å². The van der Waals surface area contributed by atoms with E-state index in [1.165, 1.54) is 4.90 Å². The van der Waals surface area contributed by atoms with Crippen LogP contribution in [0.15, 0.2) is 40.5 Å². The van der Waals surface area contributed by atoms with Crippen molar-refractivity contribution < 1.29 is 0 Å². The first-order valence-electron chi connectivity index (χ1n) is 7.34. The third-order valence-corrected chi connectivity index (χ3v) is 5.36. The summed E-state index contributed by atoms with van der Waals surface area (Å²) >= 11 is 9.21. The van der Waals surface area contributed by atoms with Gasteiger partial charge in [-0.2, -0.15) is 0 Å². The highest BCUT2D eigenvalue weighted by Crippen LogP contribution is 2.25. The first kappa shape index (κ1) is 16.6. The molecule has 0 atom stereocenters. The van der Waals surface area contributed by atoms with Crippen LogP contribution in [0.25, 0.3) is 11.2 Å². The minimum atomic E-state index is 0.708. The zero-order valence-corrected chi connectivity index (χ0v) is 15.1. The van der Waals surface area contributed by atoms with Crippen LogP contribution in [0, 0.1) is 6.92 Å². The van der Waals surface area contributed by atoms with E-state index in [1.807, 2.05) is 30.8 Å². The molecule has 3 rings (SSSR count). The topological polar surface area (TPSA) is 54.5 Å². The molecular formula is C16H17ClN4S2. The Morgan fingerprint density at radius 2 is 2.13 bits per heavy atom. The molecule has 0 radical (unpaired) electrons. The second-order valence-electron chi connectivity index (χ2n) is 5.03. The molecule has 0 aromatic carbocycles. The number of alkyl halides is 1. The van der Waals surface area contributed by atoms with Crippen LogP contribution in [0.5, 0.6) is 0 Å². The summed E-state index contributed by atoms with van der Waals surface area (Å²) in [5, 5.41) is 0.873. The Bertz CT molecular complexity index is 758. The van der Waals surface area contributed by atoms with E-state index in [9.17, 15) is 0 Å². The smallest absolute Gasteiger partial charge is 0.178 e. The summed E-state index contributed by atoms with van der Waals surface area (Å²) in [7, 11) is 0. The minimum absolute atomic E-state index is 0.708. The fourth-order valence-electron chi connectivity index (χ4n) is 2.14. The zero-order valence-electron chi connectivity index (χ0n) is 12.8. The van der Waals surface area contributed by atoms with Crippen molar-refractivity contribution in [2.75, 3.05) is 11.6 Å². The second kappa shape index (κ2) is 8.04. The number of hydrogen-bond donors (Lipinski definition) is 1. The molecule has 3 aromatic rings. The number of nitrogens with zero attached hydrogens (tertiary/aromatic N) is 3. The summed E-state index contributed by atoms with van der Waals surface area (Å²) < 4.78 is 0. The lowest BCUT2D eigenvalue weighted by Gasteiger charge is -2.06. The summed E-state index contributed by atoms with van der Waals surface area (Å²) in [5.41, 5.74) is 3.83. The van der Waals surface area contributed by atoms with Gasteiger partial charge in [-0.3, -0.25) is 4.98 Å². The molecule has 0 unspecified atom stereocenters. The molecule has 3 heterocycles. The van der Waals surface area contributed by atoms with Gasteiger partial charge in [0.1, 0.15) is 0 Å². The van der Waals surface area contributed by atoms with E-state index < -0.39 is 0 Å². The van der Waals surface area contributed by atoms with E-state index in [0.29, 0.717) is 5.88 Å². The van der Waals surface area contributed by atoms with Crippen LogP contribution >= 0.6 is 35.1 Å². The number of halogens is 1. The molecule has 0 spiro atoms. The maximum absolute atomic E-state index is 5.74. The predicted molar refractivity (Wildman–Crippen MR) is 98.5 cm³/mol. The van der Waals surface area contributed by atoms with Crippen molar-refractivity contribution in [2.45, 2.75) is 29.1 Å². The Kier molecular flexibility index (Phi) is 5.80. The quantitative estimate of drug-likeness (QED) is 0.375. The molecule has 0 bridgehead atoms. The number of aromatic amines is 1. The summed E-state index contributed by atoms with van der Waals surface area (Å²) in [5.74, 6) is 2.53. The Morgan fingerprint density at radius 1 is 1.22 bits per heavy atom. The number of pyridine rings is 2. The third-order valence-electron chi connectivity index (χ3n) is 3.12. The molecule has 120 valence electrons. The van der Waals surface area contributed by atoms with Crippen LogP contribution in [0.2, 0.25) is 0 Å². The van der Waals surface area contributed by atoms with Crippen molar-refractivity contribution in [2.24, 2.45) is 0 Å². The highest BCUT2D eigenvalue weighted by atomic mass is 35.5. The standard InChI is InChI=1S/C16H17ClN4S2/c1-11-8-13(22-7-3-5-17)9-12(19-11)10-23-16-20-14-4-2-6-18-15(14)21-16/h2,4,6,8-9H,3,5,7,10H2,1H3,(H,18,20,21). The van der Waals surface area contributed by atoms with Crippen LogP contribution in [0.4, 0.5) is 0 Å². The number of aryl methyl sites for hydroxylation is 1. The first-order chi connectivity index (χ1) is 11.2. The second-order valence-corrected chi connectivity index (χ2v) is 7.54. The summed E-state index contributed by atoms with van der Waals surface area (Å²) in [4.78, 5) is 17.9. The van der Waals surface area contributed by atoms with Gasteiger partial charge in [-0.05, 0) is 43.4 Å². The summed E-state index contributed by atoms with van der Waals surface area (Å²) in [6.45, 7) is 2.03. The largest absolute Gasteiger partial charge is 0.332 e. The fraction of sp³-hybridized carbons (Fsp3) is 0.312. The van der Waals surface area contributed by atoms with Crippen molar-refractivity contribution in [3.63, 3.8) is 0 Å². The Labute approximate surface area is 148 Å². The number of H-pyrrole nitrogens is 1. The molecule has 0 aliphatic rings. The van der Waals surface area contributed by atoms with Crippen LogP contribution in [0.3, 0.4) is 0 Å². The lowest BCUT2D eigenvalue weighted by molar-refractivity contribution is 1.04. The van der Waals surface area contributed by atoms with Gasteiger partial charge in [-0.25, -0.2) is 9.97 Å². The van der Waals surface area contributed by atoms with Gasteiger partial charge in [0.2, 0.25) is 0 Å². The number of imidazole rings is 1. The lowest BCUT2D eigenvalue weighted by Crippen LogP contribution is -1.92. The van der Waals surface area contributed by atoms with Gasteiger partial charge in [0.25, 0.3) is 0 Å². The molecule has 3 aromatic heterocycles. The SMILES string of the molecule is Cc1cc(SCCCCl)cc(CSc2nc3ncccc3[nH]2)n1. The van der Waals surface area contributed by atoms with Crippen molar-refractivity contribution in [1.82, 2.24) is 19.9 Å². The molecule has 1 N–H and O–H groups in total. The molecule has 0 amide bonds. The monoisotopic (exact) mass is 364 g/mol. The molecule has 0 saturated heterocycles. The molecule has 0 aliphatic heterocycles. The molecule has 23 heavy (non-hydrogen) atoms. The van der Waals surface area contributed by atoms with Crippen molar-refractivity contribution in [3.8, 4) is 0 Å². The number of nitrogens with one attached hydrogen (secondary N) is 1. The number of rotatable bonds is 7. The predicted octanol–water partition coefficient (Wildman–Crippen LogP) is 4.67. The highest BCUT2D eigenvalue weighted by molar-refractivity contribution is 7.99. The summed E-state index contributed by atoms with van der Waals surface area (Å²) in [6, 6.07) is 8.16. The van der Waals surface area contributed by atoms with Gasteiger partial charge in [0, 0.05) is 28.4 Å². The van der Waals surface area contributed by atoms with E-state index in [0.717, 1.165) is 45.6 Å². The molecule has 4 nitrogen and oxygen atoms in total. The molecule has 0 saturated carbocycles. The summed E-state index contributed by atoms with van der Waals surface area (Å²) in [6.07, 6.45) is 2.77. The van der Waals surface area contributed by atoms with Gasteiger partial charge >= 0.3 is 0 Å². The van der Waals surface area contributed by atoms with E-state index in [-0.39, 0.29) is 0 Å². The first-order valence-corrected chi connectivity index (χ1v) is 9.85. The zero-order chi connectivity index (χ0) is 16.1. The number of hydrogen-bond acceptors (Lipinski definition) is 5. The highest BCUT2D eigenvalue weighted by Gasteiger charge is 2.06. The van der Waals surface area contributed by atoms with E-state index in [2.05, 4.69) is 32.1 Å². The van der Waals surface area contributed by atoms with Gasteiger partial charge < -0.3 is 4.98 Å². The molecular weight excluding hydrogens is 348 g/mol. The molecule has 0 aliphatic carbocycles. The van der Waals surface area contributed by atoms with Crippen LogP contribution in [-0.2, 0) is 5.75 Å². The molecule has 0 fully saturated rings. The van der Waals surface area contributed by atoms with Gasteiger partial charge in [0.15, 0.2) is 10.8 Å². The fourth-order valence-corrected chi connectivity index (χ4v) is 4.19.